The molecule has 34 heavy (non-hydrogen) atoms. The van der Waals surface area contributed by atoms with Gasteiger partial charge in [-0.25, -0.2) is 14.4 Å². The van der Waals surface area contributed by atoms with E-state index >= 15 is 0 Å². The predicted molar refractivity (Wildman–Crippen MR) is 129 cm³/mol. The number of methoxy groups -OCH3 is 2. The lowest BCUT2D eigenvalue weighted by Gasteiger charge is -2.24. The summed E-state index contributed by atoms with van der Waals surface area (Å²) < 4.78 is 24.4. The minimum absolute atomic E-state index is 0.120. The van der Waals surface area contributed by atoms with Crippen LogP contribution in [0.15, 0.2) is 60.8 Å². The lowest BCUT2D eigenvalue weighted by atomic mass is 10.1. The highest BCUT2D eigenvalue weighted by Gasteiger charge is 2.17. The molecule has 0 saturated carbocycles. The van der Waals surface area contributed by atoms with Crippen molar-refractivity contribution in [2.24, 2.45) is 0 Å². The molecular weight excluding hydrogens is 457 g/mol. The molecule has 174 valence electrons. The smallest absolute Gasteiger partial charge is 0.229 e. The van der Waals surface area contributed by atoms with E-state index < -0.39 is 5.82 Å². The number of pyridine rings is 1. The maximum atomic E-state index is 13.9. The Labute approximate surface area is 202 Å². The molecule has 0 spiro atoms. The van der Waals surface area contributed by atoms with E-state index in [1.807, 2.05) is 53.4 Å². The summed E-state index contributed by atoms with van der Waals surface area (Å²) in [7, 11) is 3.26. The highest BCUT2D eigenvalue weighted by molar-refractivity contribution is 6.31. The highest BCUT2D eigenvalue weighted by atomic mass is 35.5. The third kappa shape index (κ3) is 5.58. The van der Waals surface area contributed by atoms with Gasteiger partial charge in [0.15, 0.2) is 5.82 Å². The number of hydrogen-bond acceptors (Lipinski definition) is 7. The van der Waals surface area contributed by atoms with Crippen molar-refractivity contribution in [2.45, 2.75) is 20.0 Å². The number of hydrogen-bond donors (Lipinski definition) is 0. The van der Waals surface area contributed by atoms with Gasteiger partial charge in [0.2, 0.25) is 5.95 Å². The topological polar surface area (TPSA) is 73.3 Å². The maximum Gasteiger partial charge on any atom is 0.229 e. The minimum atomic E-state index is -0.521. The fraction of sp³-hybridized carbons (Fsp3) is 0.200. The third-order valence-corrected chi connectivity index (χ3v) is 5.43. The van der Waals surface area contributed by atoms with Gasteiger partial charge in [0.05, 0.1) is 26.0 Å². The van der Waals surface area contributed by atoms with E-state index in [-0.39, 0.29) is 11.0 Å². The van der Waals surface area contributed by atoms with E-state index in [4.69, 9.17) is 21.1 Å². The SMILES string of the molecule is COc1ccc(CN(Cc2ccc(OC)cc2)c2nc(C)nc(-c3cc(F)cnc3Cl)n2)cc1. The van der Waals surface area contributed by atoms with Crippen molar-refractivity contribution in [1.29, 1.82) is 0 Å². The summed E-state index contributed by atoms with van der Waals surface area (Å²) in [4.78, 5) is 19.5. The summed E-state index contributed by atoms with van der Waals surface area (Å²) >= 11 is 6.22. The Bertz CT molecular complexity index is 1220. The van der Waals surface area contributed by atoms with Crippen molar-refractivity contribution in [3.8, 4) is 22.9 Å². The van der Waals surface area contributed by atoms with Gasteiger partial charge in [-0.2, -0.15) is 9.97 Å². The highest BCUT2D eigenvalue weighted by Crippen LogP contribution is 2.26. The van der Waals surface area contributed by atoms with Crippen LogP contribution in [0.1, 0.15) is 17.0 Å². The zero-order valence-corrected chi connectivity index (χ0v) is 19.8. The summed E-state index contributed by atoms with van der Waals surface area (Å²) in [6.07, 6.45) is 1.06. The van der Waals surface area contributed by atoms with E-state index in [2.05, 4.69) is 19.9 Å². The van der Waals surface area contributed by atoms with Gasteiger partial charge >= 0.3 is 0 Å². The molecule has 0 aliphatic carbocycles. The van der Waals surface area contributed by atoms with Crippen molar-refractivity contribution in [2.75, 3.05) is 19.1 Å². The minimum Gasteiger partial charge on any atom is -0.497 e. The van der Waals surface area contributed by atoms with Crippen molar-refractivity contribution in [3.05, 3.63) is 88.7 Å². The number of rotatable bonds is 8. The largest absolute Gasteiger partial charge is 0.497 e. The second-order valence-electron chi connectivity index (χ2n) is 7.55. The van der Waals surface area contributed by atoms with E-state index in [0.29, 0.717) is 30.4 Å². The molecule has 0 N–H and O–H groups in total. The fourth-order valence-electron chi connectivity index (χ4n) is 3.41. The van der Waals surface area contributed by atoms with Crippen LogP contribution in [0.2, 0.25) is 5.15 Å². The Morgan fingerprint density at radius 3 is 1.94 bits per heavy atom. The average Bonchev–Trinajstić information content (AvgIpc) is 2.85. The van der Waals surface area contributed by atoms with E-state index in [9.17, 15) is 4.39 Å². The number of benzene rings is 2. The van der Waals surface area contributed by atoms with Crippen LogP contribution in [0.5, 0.6) is 11.5 Å². The molecule has 2 aromatic carbocycles. The number of anilines is 1. The molecule has 0 radical (unpaired) electrons. The Morgan fingerprint density at radius 1 is 0.853 bits per heavy atom. The number of nitrogens with zero attached hydrogens (tertiary/aromatic N) is 5. The molecule has 4 rings (SSSR count). The van der Waals surface area contributed by atoms with Gasteiger partial charge in [-0.15, -0.1) is 0 Å². The predicted octanol–water partition coefficient (Wildman–Crippen LogP) is 5.26. The van der Waals surface area contributed by atoms with Gasteiger partial charge in [0.25, 0.3) is 0 Å². The number of aryl methyl sites for hydroxylation is 1. The van der Waals surface area contributed by atoms with Crippen LogP contribution in [0.3, 0.4) is 0 Å². The summed E-state index contributed by atoms with van der Waals surface area (Å²) in [5.74, 6) is 2.21. The first-order valence-electron chi connectivity index (χ1n) is 10.5. The third-order valence-electron chi connectivity index (χ3n) is 5.13. The zero-order valence-electron chi connectivity index (χ0n) is 19.0. The molecule has 4 aromatic rings. The van der Waals surface area contributed by atoms with E-state index in [1.54, 1.807) is 21.1 Å². The van der Waals surface area contributed by atoms with Crippen LogP contribution in [-0.2, 0) is 13.1 Å². The Morgan fingerprint density at radius 2 is 1.41 bits per heavy atom. The molecule has 0 aliphatic rings. The van der Waals surface area contributed by atoms with E-state index in [0.717, 1.165) is 28.8 Å². The van der Waals surface area contributed by atoms with Crippen LogP contribution in [-0.4, -0.2) is 34.2 Å². The van der Waals surface area contributed by atoms with Crippen LogP contribution in [0.4, 0.5) is 10.3 Å². The van der Waals surface area contributed by atoms with Crippen molar-refractivity contribution >= 4 is 17.5 Å². The van der Waals surface area contributed by atoms with Crippen molar-refractivity contribution < 1.29 is 13.9 Å². The number of aromatic nitrogens is 4. The number of halogens is 2. The summed E-state index contributed by atoms with van der Waals surface area (Å²) in [5.41, 5.74) is 2.39. The molecular formula is C25H23ClFN5O2. The molecule has 0 fully saturated rings. The van der Waals surface area contributed by atoms with Gasteiger partial charge < -0.3 is 14.4 Å². The standard InChI is InChI=1S/C25H23ClFN5O2/c1-16-29-24(22-12-19(27)13-28-23(22)26)31-25(30-16)32(14-17-4-8-20(33-2)9-5-17)15-18-6-10-21(34-3)11-7-18/h4-13H,14-15H2,1-3H3. The molecule has 2 heterocycles. The summed E-state index contributed by atoms with van der Waals surface area (Å²) in [6, 6.07) is 16.8. The van der Waals surface area contributed by atoms with Crippen LogP contribution in [0, 0.1) is 12.7 Å². The van der Waals surface area contributed by atoms with Gasteiger partial charge in [0.1, 0.15) is 28.3 Å². The normalized spacial score (nSPS) is 10.7. The molecule has 0 unspecified atom stereocenters. The first-order valence-corrected chi connectivity index (χ1v) is 10.9. The average molecular weight is 480 g/mol. The molecule has 0 aliphatic heterocycles. The van der Waals surface area contributed by atoms with E-state index in [1.165, 1.54) is 6.07 Å². The Kier molecular flexibility index (Phi) is 7.18. The fourth-order valence-corrected chi connectivity index (χ4v) is 3.60. The lowest BCUT2D eigenvalue weighted by molar-refractivity contribution is 0.414. The van der Waals surface area contributed by atoms with Crippen molar-refractivity contribution in [3.63, 3.8) is 0 Å². The molecule has 0 bridgehead atoms. The second kappa shape index (κ2) is 10.4. The molecule has 2 aromatic heterocycles. The summed E-state index contributed by atoms with van der Waals surface area (Å²) in [5, 5.41) is 0.120. The summed E-state index contributed by atoms with van der Waals surface area (Å²) in [6.45, 7) is 2.80. The van der Waals surface area contributed by atoms with Crippen molar-refractivity contribution in [1.82, 2.24) is 19.9 Å². The first-order chi connectivity index (χ1) is 16.4. The lowest BCUT2D eigenvalue weighted by Crippen LogP contribution is -2.25. The zero-order chi connectivity index (χ0) is 24.1. The second-order valence-corrected chi connectivity index (χ2v) is 7.91. The monoisotopic (exact) mass is 479 g/mol. The molecule has 0 saturated heterocycles. The van der Waals surface area contributed by atoms with Gasteiger partial charge in [-0.05, 0) is 48.4 Å². The van der Waals surface area contributed by atoms with Crippen LogP contribution in [0.25, 0.3) is 11.4 Å². The van der Waals surface area contributed by atoms with Crippen LogP contribution < -0.4 is 14.4 Å². The van der Waals surface area contributed by atoms with Crippen LogP contribution >= 0.6 is 11.6 Å². The van der Waals surface area contributed by atoms with Gasteiger partial charge in [-0.1, -0.05) is 35.9 Å². The Hall–Kier alpha value is -3.78. The Balaban J connectivity index is 1.73. The molecule has 9 heteroatoms. The maximum absolute atomic E-state index is 13.9. The first kappa shape index (κ1) is 23.4. The van der Waals surface area contributed by atoms with Gasteiger partial charge in [0, 0.05) is 13.1 Å². The quantitative estimate of drug-likeness (QED) is 0.319. The molecule has 0 amide bonds. The van der Waals surface area contributed by atoms with Gasteiger partial charge in [-0.3, -0.25) is 0 Å². The molecule has 7 nitrogen and oxygen atoms in total. The molecule has 0 atom stereocenters. The number of ether oxygens (including phenoxy) is 2.